The third kappa shape index (κ3) is 3.92. The third-order valence-electron chi connectivity index (χ3n) is 6.25. The summed E-state index contributed by atoms with van der Waals surface area (Å²) in [5.41, 5.74) is 3.73. The molecule has 4 rings (SSSR count). The van der Waals surface area contributed by atoms with Crippen molar-refractivity contribution in [2.75, 3.05) is 12.0 Å². The first-order valence-electron chi connectivity index (χ1n) is 11.2. The molecule has 1 atom stereocenters. The quantitative estimate of drug-likeness (QED) is 0.273. The zero-order chi connectivity index (χ0) is 24.8. The molecule has 1 aliphatic heterocycles. The van der Waals surface area contributed by atoms with Crippen LogP contribution in [0, 0.1) is 13.8 Å². The van der Waals surface area contributed by atoms with Crippen molar-refractivity contribution in [1.82, 2.24) is 0 Å². The third-order valence-corrected chi connectivity index (χ3v) is 7.32. The summed E-state index contributed by atoms with van der Waals surface area (Å²) in [6, 6.07) is 14.1. The minimum atomic E-state index is -0.707. The Morgan fingerprint density at radius 3 is 2.32 bits per heavy atom. The summed E-state index contributed by atoms with van der Waals surface area (Å²) >= 11 is 1.47. The van der Waals surface area contributed by atoms with E-state index in [0.29, 0.717) is 17.0 Å². The fourth-order valence-corrected chi connectivity index (χ4v) is 5.45. The number of methoxy groups -OCH3 is 1. The van der Waals surface area contributed by atoms with Gasteiger partial charge in [-0.1, -0.05) is 39.0 Å². The Balaban J connectivity index is 1.98. The number of carbonyl (C=O) groups is 2. The SMILES string of the molecule is COc1ccc(/C(O)=C2/C(=O)C(=O)N(c3ccccc3C)C2c2sccc2C)cc1C(C)(C)C. The molecule has 1 amide bonds. The average Bonchev–Trinajstić information content (AvgIpc) is 3.33. The predicted molar refractivity (Wildman–Crippen MR) is 137 cm³/mol. The van der Waals surface area contributed by atoms with E-state index in [1.54, 1.807) is 19.2 Å². The number of amides is 1. The second kappa shape index (κ2) is 8.76. The molecule has 34 heavy (non-hydrogen) atoms. The van der Waals surface area contributed by atoms with E-state index in [1.807, 2.05) is 55.6 Å². The normalized spacial score (nSPS) is 17.9. The Hall–Kier alpha value is -3.38. The number of hydrogen-bond acceptors (Lipinski definition) is 5. The molecule has 1 fully saturated rings. The van der Waals surface area contributed by atoms with Crippen LogP contribution >= 0.6 is 11.3 Å². The summed E-state index contributed by atoms with van der Waals surface area (Å²) in [7, 11) is 1.61. The molecule has 5 nitrogen and oxygen atoms in total. The number of thiophene rings is 1. The Bertz CT molecular complexity index is 1310. The van der Waals surface area contributed by atoms with Gasteiger partial charge in [0.2, 0.25) is 0 Å². The van der Waals surface area contributed by atoms with E-state index < -0.39 is 17.7 Å². The molecule has 3 aromatic rings. The molecular formula is C28H29NO4S. The molecule has 0 saturated carbocycles. The van der Waals surface area contributed by atoms with Gasteiger partial charge in [-0.2, -0.15) is 0 Å². The van der Waals surface area contributed by atoms with Crippen LogP contribution in [0.15, 0.2) is 59.5 Å². The maximum atomic E-state index is 13.4. The lowest BCUT2D eigenvalue weighted by atomic mass is 9.84. The highest BCUT2D eigenvalue weighted by atomic mass is 32.1. The Kier molecular flexibility index (Phi) is 6.13. The van der Waals surface area contributed by atoms with Gasteiger partial charge in [-0.15, -0.1) is 11.3 Å². The van der Waals surface area contributed by atoms with E-state index in [-0.39, 0.29) is 16.7 Å². The summed E-state index contributed by atoms with van der Waals surface area (Å²) in [6.07, 6.45) is 0. The number of rotatable bonds is 4. The van der Waals surface area contributed by atoms with Crippen LogP contribution in [0.5, 0.6) is 5.75 Å². The zero-order valence-electron chi connectivity index (χ0n) is 20.3. The van der Waals surface area contributed by atoms with Gasteiger partial charge in [0.1, 0.15) is 17.6 Å². The fourth-order valence-electron chi connectivity index (χ4n) is 4.42. The lowest BCUT2D eigenvalue weighted by molar-refractivity contribution is -0.132. The van der Waals surface area contributed by atoms with Crippen molar-refractivity contribution in [3.05, 3.63) is 86.6 Å². The van der Waals surface area contributed by atoms with E-state index in [0.717, 1.165) is 21.6 Å². The van der Waals surface area contributed by atoms with E-state index >= 15 is 0 Å². The van der Waals surface area contributed by atoms with Crippen molar-refractivity contribution >= 4 is 34.5 Å². The summed E-state index contributed by atoms with van der Waals surface area (Å²) in [5.74, 6) is -0.805. The van der Waals surface area contributed by atoms with Crippen molar-refractivity contribution in [2.45, 2.75) is 46.1 Å². The molecule has 1 N–H and O–H groups in total. The number of aliphatic hydroxyl groups excluding tert-OH is 1. The van der Waals surface area contributed by atoms with Gasteiger partial charge in [-0.25, -0.2) is 0 Å². The second-order valence-electron chi connectivity index (χ2n) is 9.59. The molecule has 0 radical (unpaired) electrons. The molecule has 1 aromatic heterocycles. The molecular weight excluding hydrogens is 446 g/mol. The van der Waals surface area contributed by atoms with Crippen LogP contribution in [0.25, 0.3) is 5.76 Å². The molecule has 1 saturated heterocycles. The topological polar surface area (TPSA) is 66.8 Å². The highest BCUT2D eigenvalue weighted by Crippen LogP contribution is 2.46. The number of Topliss-reactive ketones (excluding diaryl/α,β-unsaturated/α-hetero) is 1. The summed E-state index contributed by atoms with van der Waals surface area (Å²) in [6.45, 7) is 10.0. The average molecular weight is 476 g/mol. The number of anilines is 1. The van der Waals surface area contributed by atoms with Crippen molar-refractivity contribution in [2.24, 2.45) is 0 Å². The van der Waals surface area contributed by atoms with Gasteiger partial charge in [0.05, 0.1) is 12.7 Å². The van der Waals surface area contributed by atoms with Crippen LogP contribution in [0.3, 0.4) is 0 Å². The van der Waals surface area contributed by atoms with Gasteiger partial charge >= 0.3 is 0 Å². The highest BCUT2D eigenvalue weighted by Gasteiger charge is 2.48. The second-order valence-corrected chi connectivity index (χ2v) is 10.5. The number of aryl methyl sites for hydroxylation is 2. The molecule has 0 bridgehead atoms. The first-order valence-corrected chi connectivity index (χ1v) is 12.0. The van der Waals surface area contributed by atoms with Crippen LogP contribution in [-0.2, 0) is 15.0 Å². The smallest absolute Gasteiger partial charge is 0.300 e. The Morgan fingerprint density at radius 1 is 1.03 bits per heavy atom. The van der Waals surface area contributed by atoms with Crippen LogP contribution in [0.4, 0.5) is 5.69 Å². The largest absolute Gasteiger partial charge is 0.507 e. The summed E-state index contributed by atoms with van der Waals surface area (Å²) in [4.78, 5) is 29.2. The number of ketones is 1. The molecule has 1 unspecified atom stereocenters. The number of hydrogen-bond donors (Lipinski definition) is 1. The Labute approximate surface area is 204 Å². The zero-order valence-corrected chi connectivity index (χ0v) is 21.1. The molecule has 0 aliphatic carbocycles. The molecule has 2 aromatic carbocycles. The van der Waals surface area contributed by atoms with Crippen LogP contribution in [-0.4, -0.2) is 23.9 Å². The van der Waals surface area contributed by atoms with Gasteiger partial charge in [0.15, 0.2) is 0 Å². The van der Waals surface area contributed by atoms with E-state index in [1.165, 1.54) is 16.2 Å². The summed E-state index contributed by atoms with van der Waals surface area (Å²) < 4.78 is 5.53. The van der Waals surface area contributed by atoms with E-state index in [4.69, 9.17) is 4.74 Å². The standard InChI is InChI=1S/C28H29NO4S/c1-16-9-7-8-10-20(16)29-23(26-17(2)13-14-34-26)22(25(31)27(29)32)24(30)18-11-12-21(33-6)19(15-18)28(3,4)5/h7-15,23,30H,1-6H3/b24-22-. The molecule has 6 heteroatoms. The number of aliphatic hydroxyl groups is 1. The van der Waals surface area contributed by atoms with Crippen molar-refractivity contribution < 1.29 is 19.4 Å². The van der Waals surface area contributed by atoms with Crippen LogP contribution in [0.1, 0.15) is 53.9 Å². The molecule has 2 heterocycles. The van der Waals surface area contributed by atoms with Gasteiger partial charge in [-0.05, 0) is 66.1 Å². The maximum Gasteiger partial charge on any atom is 0.300 e. The van der Waals surface area contributed by atoms with Gasteiger partial charge in [0.25, 0.3) is 11.7 Å². The van der Waals surface area contributed by atoms with E-state index in [9.17, 15) is 14.7 Å². The van der Waals surface area contributed by atoms with Gasteiger partial charge < -0.3 is 9.84 Å². The number of ether oxygens (including phenoxy) is 1. The van der Waals surface area contributed by atoms with E-state index in [2.05, 4.69) is 20.8 Å². The molecule has 0 spiro atoms. The van der Waals surface area contributed by atoms with Gasteiger partial charge in [0, 0.05) is 21.7 Å². The lowest BCUT2D eigenvalue weighted by Crippen LogP contribution is -2.30. The Morgan fingerprint density at radius 2 is 1.74 bits per heavy atom. The number of benzene rings is 2. The number of nitrogens with zero attached hydrogens (tertiary/aromatic N) is 1. The van der Waals surface area contributed by atoms with Gasteiger partial charge in [-0.3, -0.25) is 14.5 Å². The van der Waals surface area contributed by atoms with Crippen molar-refractivity contribution in [3.63, 3.8) is 0 Å². The first-order chi connectivity index (χ1) is 16.1. The minimum Gasteiger partial charge on any atom is -0.507 e. The fraction of sp³-hybridized carbons (Fsp3) is 0.286. The lowest BCUT2D eigenvalue weighted by Gasteiger charge is -2.26. The monoisotopic (exact) mass is 475 g/mol. The maximum absolute atomic E-state index is 13.4. The predicted octanol–water partition coefficient (Wildman–Crippen LogP) is 6.30. The minimum absolute atomic E-state index is 0.101. The van der Waals surface area contributed by atoms with Crippen LogP contribution < -0.4 is 9.64 Å². The van der Waals surface area contributed by atoms with Crippen molar-refractivity contribution in [1.29, 1.82) is 0 Å². The molecule has 176 valence electrons. The highest BCUT2D eigenvalue weighted by molar-refractivity contribution is 7.10. The van der Waals surface area contributed by atoms with Crippen LogP contribution in [0.2, 0.25) is 0 Å². The number of carbonyl (C=O) groups excluding carboxylic acids is 2. The first kappa shape index (κ1) is 23.8. The number of para-hydroxylation sites is 1. The summed E-state index contributed by atoms with van der Waals surface area (Å²) in [5, 5.41) is 13.4. The molecule has 1 aliphatic rings. The van der Waals surface area contributed by atoms with Crippen molar-refractivity contribution in [3.8, 4) is 5.75 Å².